The molecular weight excluding hydrogens is 469 g/mol. The molecule has 2 rings (SSSR count). The van der Waals surface area contributed by atoms with Crippen LogP contribution >= 0.6 is 9.19 Å². The molecule has 0 aromatic carbocycles. The Labute approximate surface area is 160 Å². The third kappa shape index (κ3) is 5.98. The summed E-state index contributed by atoms with van der Waals surface area (Å²) in [6.07, 6.45) is 0. The molecule has 0 atom stereocenters. The van der Waals surface area contributed by atoms with Gasteiger partial charge in [0.25, 0.3) is 0 Å². The van der Waals surface area contributed by atoms with E-state index in [2.05, 4.69) is 74.0 Å². The maximum atomic E-state index is 5.07. The first kappa shape index (κ1) is 23.9. The van der Waals surface area contributed by atoms with E-state index in [4.69, 9.17) is 9.19 Å². The van der Waals surface area contributed by atoms with Gasteiger partial charge in [-0.1, -0.05) is 69.2 Å². The van der Waals surface area contributed by atoms with Gasteiger partial charge in [0.05, 0.1) is 0 Å². The zero-order valence-electron chi connectivity index (χ0n) is 16.5. The van der Waals surface area contributed by atoms with Gasteiger partial charge in [-0.15, -0.1) is 0 Å². The molecule has 23 heavy (non-hydrogen) atoms. The summed E-state index contributed by atoms with van der Waals surface area (Å²) in [6, 6.07) is 0. The Balaban J connectivity index is 0.000000360. The summed E-state index contributed by atoms with van der Waals surface area (Å²) in [5.41, 5.74) is 0. The average Bonchev–Trinajstić information content (AvgIpc) is 2.80. The third-order valence-electron chi connectivity index (χ3n) is 5.62. The van der Waals surface area contributed by atoms with E-state index in [-0.39, 0.29) is 0 Å². The van der Waals surface area contributed by atoms with Gasteiger partial charge in [-0.25, -0.2) is 0 Å². The van der Waals surface area contributed by atoms with Gasteiger partial charge in [0.2, 0.25) is 0 Å². The molecule has 2 saturated carbocycles. The molecule has 2 aliphatic rings. The number of hydrogen-bond donors (Lipinski definition) is 0. The maximum absolute atomic E-state index is 5.07. The van der Waals surface area contributed by atoms with Crippen molar-refractivity contribution in [2.75, 3.05) is 0 Å². The SMILES string of the molecule is C[C]1[C](C)[C](C)[C](C)[C]1C.C[C]1[C](C)[C](C)[C](C)[C]1C.[CH2]=[Ta][Cl]. The summed E-state index contributed by atoms with van der Waals surface area (Å²) in [6.45, 7) is 22.0. The minimum absolute atomic E-state index is 0.611. The molecule has 0 N–H and O–H groups in total. The Hall–Kier alpha value is 0.900. The molecule has 0 aromatic heterocycles. The molecule has 0 spiro atoms. The molecule has 0 nitrogen and oxygen atoms in total. The van der Waals surface area contributed by atoms with Crippen molar-refractivity contribution in [3.63, 3.8) is 0 Å². The van der Waals surface area contributed by atoms with Crippen molar-refractivity contribution < 1.29 is 18.2 Å². The standard InChI is InChI=1S/2C10H15.CH2.ClH.Ta/c2*1-6-7(2)9(4)10(5)8(6)3;;;/h2*1-5H3;1H2;1H;/q;;;;+1/p-1. The minimum atomic E-state index is -0.611. The Kier molecular flexibility index (Phi) is 11.2. The number of rotatable bonds is 0. The molecule has 0 saturated heterocycles. The summed E-state index contributed by atoms with van der Waals surface area (Å²) in [4.78, 5) is 0. The van der Waals surface area contributed by atoms with Crippen molar-refractivity contribution in [2.45, 2.75) is 69.2 Å². The summed E-state index contributed by atoms with van der Waals surface area (Å²) < 4.78 is 3.43. The molecule has 0 aromatic rings. The molecule has 0 unspecified atom stereocenters. The van der Waals surface area contributed by atoms with E-state index in [1.54, 1.807) is 0 Å². The second kappa shape index (κ2) is 10.8. The van der Waals surface area contributed by atoms with Crippen LogP contribution in [0.4, 0.5) is 0 Å². The fraction of sp³-hybridized carbons (Fsp3) is 0.476. The van der Waals surface area contributed by atoms with E-state index >= 15 is 0 Å². The zero-order valence-corrected chi connectivity index (χ0v) is 20.5. The van der Waals surface area contributed by atoms with Crippen LogP contribution in [0.25, 0.3) is 0 Å². The summed E-state index contributed by atoms with van der Waals surface area (Å²) in [5, 5.41) is 0. The predicted octanol–water partition coefficient (Wildman–Crippen LogP) is 6.60. The van der Waals surface area contributed by atoms with Crippen molar-refractivity contribution in [3.8, 4) is 0 Å². The molecule has 0 aliphatic heterocycles. The van der Waals surface area contributed by atoms with Gasteiger partial charge < -0.3 is 0 Å². The molecule has 10 radical (unpaired) electrons. The second-order valence-electron chi connectivity index (χ2n) is 6.37. The summed E-state index contributed by atoms with van der Waals surface area (Å²) in [7, 11) is 5.07. The fourth-order valence-electron chi connectivity index (χ4n) is 2.81. The van der Waals surface area contributed by atoms with Crippen molar-refractivity contribution in [3.05, 3.63) is 59.2 Å². The van der Waals surface area contributed by atoms with Crippen molar-refractivity contribution in [2.24, 2.45) is 0 Å². The normalized spacial score (nSPS) is 25.3. The summed E-state index contributed by atoms with van der Waals surface area (Å²) >= 11 is -0.611. The van der Waals surface area contributed by atoms with E-state index in [0.29, 0.717) is 0 Å². The second-order valence-corrected chi connectivity index (χ2v) is 9.19. The van der Waals surface area contributed by atoms with E-state index < -0.39 is 18.2 Å². The van der Waals surface area contributed by atoms with Crippen LogP contribution in [0.3, 0.4) is 0 Å². The summed E-state index contributed by atoms with van der Waals surface area (Å²) in [5.74, 6) is 14.7. The monoisotopic (exact) mass is 500 g/mol. The van der Waals surface area contributed by atoms with E-state index in [9.17, 15) is 0 Å². The fourth-order valence-corrected chi connectivity index (χ4v) is 2.81. The van der Waals surface area contributed by atoms with E-state index in [1.165, 1.54) is 59.2 Å². The van der Waals surface area contributed by atoms with Crippen molar-refractivity contribution in [1.82, 2.24) is 0 Å². The van der Waals surface area contributed by atoms with E-state index in [0.717, 1.165) is 0 Å². The molecule has 2 aliphatic carbocycles. The molecule has 128 valence electrons. The molecular formula is C21H32ClTa. The van der Waals surface area contributed by atoms with Gasteiger partial charge in [0.1, 0.15) is 0 Å². The van der Waals surface area contributed by atoms with Crippen LogP contribution in [0, 0.1) is 59.2 Å². The Bertz CT molecular complexity index is 223. The average molecular weight is 501 g/mol. The van der Waals surface area contributed by atoms with Gasteiger partial charge in [0.15, 0.2) is 0 Å². The topological polar surface area (TPSA) is 0 Å². The quantitative estimate of drug-likeness (QED) is 0.351. The van der Waals surface area contributed by atoms with Crippen molar-refractivity contribution >= 4 is 13.9 Å². The van der Waals surface area contributed by atoms with Gasteiger partial charge in [-0.2, -0.15) is 0 Å². The predicted molar refractivity (Wildman–Crippen MR) is 102 cm³/mol. The van der Waals surface area contributed by atoms with E-state index in [1.807, 2.05) is 0 Å². The number of halogens is 1. The third-order valence-corrected chi connectivity index (χ3v) is 5.62. The van der Waals surface area contributed by atoms with Gasteiger partial charge in [-0.3, -0.25) is 0 Å². The van der Waals surface area contributed by atoms with Crippen LogP contribution in [0.5, 0.6) is 0 Å². The van der Waals surface area contributed by atoms with Crippen LogP contribution in [-0.2, 0) is 18.2 Å². The van der Waals surface area contributed by atoms with Crippen LogP contribution in [0.15, 0.2) is 0 Å². The molecule has 0 amide bonds. The molecule has 0 heterocycles. The zero-order chi connectivity index (χ0) is 18.5. The first-order valence-corrected chi connectivity index (χ1v) is 14.2. The Morgan fingerprint density at radius 1 is 0.435 bits per heavy atom. The molecule has 0 bridgehead atoms. The van der Waals surface area contributed by atoms with Gasteiger partial charge in [-0.05, 0) is 59.2 Å². The van der Waals surface area contributed by atoms with Crippen LogP contribution in [0.2, 0.25) is 0 Å². The van der Waals surface area contributed by atoms with Crippen LogP contribution in [0.1, 0.15) is 69.2 Å². The van der Waals surface area contributed by atoms with Gasteiger partial charge in [0, 0.05) is 0 Å². The van der Waals surface area contributed by atoms with Crippen LogP contribution < -0.4 is 0 Å². The van der Waals surface area contributed by atoms with Gasteiger partial charge >= 0.3 is 32.1 Å². The number of hydrogen-bond acceptors (Lipinski definition) is 0. The molecule has 2 heteroatoms. The van der Waals surface area contributed by atoms with Crippen LogP contribution in [-0.4, -0.2) is 4.73 Å². The first-order chi connectivity index (χ1) is 10.5. The Morgan fingerprint density at radius 2 is 0.478 bits per heavy atom. The molecule has 2 fully saturated rings. The van der Waals surface area contributed by atoms with Crippen molar-refractivity contribution in [1.29, 1.82) is 0 Å². The Morgan fingerprint density at radius 3 is 0.522 bits per heavy atom. The first-order valence-electron chi connectivity index (χ1n) is 7.99.